The lowest BCUT2D eigenvalue weighted by Gasteiger charge is -2.11. The number of aromatic nitrogens is 6. The molecular formula is C28H25N9O3. The summed E-state index contributed by atoms with van der Waals surface area (Å²) in [5.41, 5.74) is 10.1. The molecule has 5 aromatic rings. The molecular weight excluding hydrogens is 510 g/mol. The molecule has 5 rings (SSSR count). The number of carbonyl (C=O) groups excluding carboxylic acids is 2. The van der Waals surface area contributed by atoms with E-state index in [1.165, 1.54) is 23.3 Å². The molecule has 0 fully saturated rings. The fourth-order valence-electron chi connectivity index (χ4n) is 3.83. The largest absolute Gasteiger partial charge is 0.445 e. The Hall–Kier alpha value is -5.65. The summed E-state index contributed by atoms with van der Waals surface area (Å²) in [6.07, 6.45) is 7.91. The molecule has 0 radical (unpaired) electrons. The van der Waals surface area contributed by atoms with E-state index in [0.29, 0.717) is 30.0 Å². The number of hydrogen-bond donors (Lipinski definition) is 3. The Morgan fingerprint density at radius 3 is 2.55 bits per heavy atom. The minimum Gasteiger partial charge on any atom is -0.445 e. The van der Waals surface area contributed by atoms with Crippen LogP contribution in [0.1, 0.15) is 21.6 Å². The van der Waals surface area contributed by atoms with E-state index in [0.717, 1.165) is 16.7 Å². The van der Waals surface area contributed by atoms with Gasteiger partial charge in [-0.25, -0.2) is 19.4 Å². The van der Waals surface area contributed by atoms with Gasteiger partial charge in [-0.15, -0.1) is 5.10 Å². The summed E-state index contributed by atoms with van der Waals surface area (Å²) in [5.74, 6) is -0.544. The Morgan fingerprint density at radius 1 is 0.950 bits per heavy atom. The molecule has 0 saturated carbocycles. The number of anilines is 2. The lowest BCUT2D eigenvalue weighted by atomic mass is 10.1. The molecule has 0 aliphatic rings. The summed E-state index contributed by atoms with van der Waals surface area (Å²) in [7, 11) is 0. The SMILES string of the molecule is Nc1ncc(-c2ccc(CCNC(=O)OCc3ccccc3)cc2)nc1C(=O)Nc1cnccc1-n1ccnn1. The molecule has 0 aliphatic heterocycles. The van der Waals surface area contributed by atoms with Gasteiger partial charge in [0.1, 0.15) is 6.61 Å². The number of nitrogen functional groups attached to an aromatic ring is 1. The normalized spacial score (nSPS) is 10.6. The Morgan fingerprint density at radius 2 is 1.77 bits per heavy atom. The van der Waals surface area contributed by atoms with Gasteiger partial charge in [-0.1, -0.05) is 59.8 Å². The molecule has 3 heterocycles. The molecule has 12 heteroatoms. The molecule has 4 N–H and O–H groups in total. The monoisotopic (exact) mass is 535 g/mol. The minimum atomic E-state index is -0.539. The van der Waals surface area contributed by atoms with Crippen LogP contribution in [0.25, 0.3) is 16.9 Å². The number of carbonyl (C=O) groups is 2. The predicted octanol–water partition coefficient (Wildman–Crippen LogP) is 3.42. The van der Waals surface area contributed by atoms with Crippen molar-refractivity contribution in [3.05, 3.63) is 108 Å². The molecule has 0 spiro atoms. The lowest BCUT2D eigenvalue weighted by molar-refractivity contribution is 0.102. The summed E-state index contributed by atoms with van der Waals surface area (Å²) in [6.45, 7) is 0.638. The van der Waals surface area contributed by atoms with Crippen LogP contribution in [-0.2, 0) is 17.8 Å². The molecule has 0 saturated heterocycles. The molecule has 0 unspecified atom stereocenters. The maximum atomic E-state index is 13.1. The molecule has 3 aromatic heterocycles. The average Bonchev–Trinajstić information content (AvgIpc) is 3.53. The standard InChI is InChI=1S/C28H25N9O3/c29-26-25(27(38)35-23-16-30-12-11-24(23)37-15-14-33-36-37)34-22(17-32-26)21-8-6-19(7-9-21)10-13-31-28(39)40-18-20-4-2-1-3-5-20/h1-9,11-12,14-17H,10,13,18H2,(H2,29,32)(H,31,39)(H,35,38). The molecule has 0 atom stereocenters. The Bertz CT molecular complexity index is 1590. The van der Waals surface area contributed by atoms with Crippen molar-refractivity contribution in [1.29, 1.82) is 0 Å². The van der Waals surface area contributed by atoms with Gasteiger partial charge in [0.15, 0.2) is 11.5 Å². The fraction of sp³-hybridized carbons (Fsp3) is 0.107. The van der Waals surface area contributed by atoms with Crippen LogP contribution in [0.2, 0.25) is 0 Å². The summed E-state index contributed by atoms with van der Waals surface area (Å²) >= 11 is 0. The van der Waals surface area contributed by atoms with E-state index in [2.05, 4.69) is 35.9 Å². The van der Waals surface area contributed by atoms with Gasteiger partial charge in [-0.05, 0) is 23.6 Å². The van der Waals surface area contributed by atoms with Crippen LogP contribution in [0.3, 0.4) is 0 Å². The number of amides is 2. The maximum Gasteiger partial charge on any atom is 0.407 e. The van der Waals surface area contributed by atoms with Gasteiger partial charge in [0, 0.05) is 18.3 Å². The van der Waals surface area contributed by atoms with Crippen molar-refractivity contribution in [2.45, 2.75) is 13.0 Å². The van der Waals surface area contributed by atoms with Crippen LogP contribution < -0.4 is 16.4 Å². The molecule has 2 aromatic carbocycles. The number of alkyl carbamates (subject to hydrolysis) is 1. The zero-order valence-corrected chi connectivity index (χ0v) is 21.3. The van der Waals surface area contributed by atoms with Gasteiger partial charge in [0.05, 0.1) is 41.9 Å². The highest BCUT2D eigenvalue weighted by molar-refractivity contribution is 6.06. The molecule has 12 nitrogen and oxygen atoms in total. The highest BCUT2D eigenvalue weighted by atomic mass is 16.5. The van der Waals surface area contributed by atoms with Crippen molar-refractivity contribution in [1.82, 2.24) is 35.3 Å². The number of ether oxygens (including phenoxy) is 1. The third-order valence-corrected chi connectivity index (χ3v) is 5.88. The molecule has 200 valence electrons. The molecule has 0 aliphatic carbocycles. The summed E-state index contributed by atoms with van der Waals surface area (Å²) in [4.78, 5) is 37.7. The number of nitrogens with zero attached hydrogens (tertiary/aromatic N) is 6. The van der Waals surface area contributed by atoms with E-state index >= 15 is 0 Å². The third-order valence-electron chi connectivity index (χ3n) is 5.88. The topological polar surface area (TPSA) is 163 Å². The first-order valence-corrected chi connectivity index (χ1v) is 12.4. The first kappa shape index (κ1) is 26.0. The van der Waals surface area contributed by atoms with E-state index in [1.54, 1.807) is 18.5 Å². The van der Waals surface area contributed by atoms with Crippen LogP contribution in [0.5, 0.6) is 0 Å². The van der Waals surface area contributed by atoms with Crippen LogP contribution in [0.15, 0.2) is 91.6 Å². The van der Waals surface area contributed by atoms with Gasteiger partial charge < -0.3 is 21.1 Å². The first-order chi connectivity index (χ1) is 19.6. The number of rotatable bonds is 9. The smallest absolute Gasteiger partial charge is 0.407 e. The first-order valence-electron chi connectivity index (χ1n) is 12.4. The summed E-state index contributed by atoms with van der Waals surface area (Å²) in [6, 6.07) is 18.8. The van der Waals surface area contributed by atoms with Crippen LogP contribution in [0, 0.1) is 0 Å². The average molecular weight is 536 g/mol. The highest BCUT2D eigenvalue weighted by Gasteiger charge is 2.17. The second-order valence-electron chi connectivity index (χ2n) is 8.62. The minimum absolute atomic E-state index is 0.00529. The van der Waals surface area contributed by atoms with E-state index in [1.807, 2.05) is 54.6 Å². The number of nitrogens with one attached hydrogen (secondary N) is 2. The summed E-state index contributed by atoms with van der Waals surface area (Å²) < 4.78 is 6.73. The van der Waals surface area contributed by atoms with Gasteiger partial charge in [-0.2, -0.15) is 0 Å². The van der Waals surface area contributed by atoms with Crippen LogP contribution in [0.4, 0.5) is 16.3 Å². The van der Waals surface area contributed by atoms with Crippen molar-refractivity contribution in [3.8, 4) is 16.9 Å². The second-order valence-corrected chi connectivity index (χ2v) is 8.62. The van der Waals surface area contributed by atoms with E-state index < -0.39 is 12.0 Å². The van der Waals surface area contributed by atoms with Gasteiger partial charge in [0.25, 0.3) is 5.91 Å². The maximum absolute atomic E-state index is 13.1. The predicted molar refractivity (Wildman–Crippen MR) is 147 cm³/mol. The number of nitrogens with two attached hydrogens (primary N) is 1. The fourth-order valence-corrected chi connectivity index (χ4v) is 3.83. The second kappa shape index (κ2) is 12.3. The third kappa shape index (κ3) is 6.42. The van der Waals surface area contributed by atoms with Gasteiger partial charge >= 0.3 is 6.09 Å². The lowest BCUT2D eigenvalue weighted by Crippen LogP contribution is -2.26. The summed E-state index contributed by atoms with van der Waals surface area (Å²) in [5, 5.41) is 13.3. The molecule has 2 amide bonds. The van der Waals surface area contributed by atoms with Crippen molar-refractivity contribution in [2.75, 3.05) is 17.6 Å². The van der Waals surface area contributed by atoms with Gasteiger partial charge in [0.2, 0.25) is 0 Å². The van der Waals surface area contributed by atoms with E-state index in [4.69, 9.17) is 10.5 Å². The molecule has 40 heavy (non-hydrogen) atoms. The Kier molecular flexibility index (Phi) is 7.96. The Balaban J connectivity index is 1.19. The Labute approximate surface area is 229 Å². The zero-order chi connectivity index (χ0) is 27.7. The van der Waals surface area contributed by atoms with Crippen molar-refractivity contribution in [2.24, 2.45) is 0 Å². The van der Waals surface area contributed by atoms with E-state index in [9.17, 15) is 9.59 Å². The highest BCUT2D eigenvalue weighted by Crippen LogP contribution is 2.22. The zero-order valence-electron chi connectivity index (χ0n) is 21.3. The quantitative estimate of drug-likeness (QED) is 0.257. The van der Waals surface area contributed by atoms with Crippen molar-refractivity contribution >= 4 is 23.5 Å². The molecule has 0 bridgehead atoms. The van der Waals surface area contributed by atoms with E-state index in [-0.39, 0.29) is 18.1 Å². The van der Waals surface area contributed by atoms with Crippen molar-refractivity contribution < 1.29 is 14.3 Å². The number of pyridine rings is 1. The number of hydrogen-bond acceptors (Lipinski definition) is 9. The van der Waals surface area contributed by atoms with Crippen LogP contribution in [-0.4, -0.2) is 48.5 Å². The van der Waals surface area contributed by atoms with Crippen LogP contribution >= 0.6 is 0 Å². The van der Waals surface area contributed by atoms with Gasteiger partial charge in [-0.3, -0.25) is 9.78 Å². The van der Waals surface area contributed by atoms with Crippen molar-refractivity contribution in [3.63, 3.8) is 0 Å². The number of benzene rings is 2.